The second-order valence-electron chi connectivity index (χ2n) is 5.73. The summed E-state index contributed by atoms with van der Waals surface area (Å²) in [5, 5.41) is 3.75. The summed E-state index contributed by atoms with van der Waals surface area (Å²) in [6.45, 7) is 3.13. The summed E-state index contributed by atoms with van der Waals surface area (Å²) in [5.74, 6) is 0.669. The van der Waals surface area contributed by atoms with Crippen LogP contribution in [-0.2, 0) is 24.8 Å². The number of rotatable bonds is 2. The molecule has 1 aliphatic carbocycles. The summed E-state index contributed by atoms with van der Waals surface area (Å²) in [5.41, 5.74) is 0.890. The molecule has 2 aliphatic rings. The minimum absolute atomic E-state index is 0.00560. The standard InChI is InChI=1S/C9H5BrO3S.C6H7N5O4S/c1-4-8-6-2-5(10)3-7(8)9(6)13-14(4,11)12;1-3-7-4(10-6(8-3)15-2)9-5(12)11-16(13)14/h2-3H,1H3;1-2H3,(H,7,8,9,10,12). The van der Waals surface area contributed by atoms with E-state index in [9.17, 15) is 21.6 Å². The highest BCUT2D eigenvalue weighted by Gasteiger charge is 2.34. The van der Waals surface area contributed by atoms with E-state index in [0.29, 0.717) is 16.5 Å². The summed E-state index contributed by atoms with van der Waals surface area (Å²) in [7, 11) is -4.96. The summed E-state index contributed by atoms with van der Waals surface area (Å²) in [6, 6.07) is 2.65. The lowest BCUT2D eigenvalue weighted by Crippen LogP contribution is -2.48. The monoisotopic (exact) mass is 517 g/mol. The average Bonchev–Trinajstić information content (AvgIpc) is 2.63. The molecule has 0 radical (unpaired) electrons. The number of anilines is 1. The molecule has 0 spiro atoms. The van der Waals surface area contributed by atoms with E-state index >= 15 is 0 Å². The van der Waals surface area contributed by atoms with Gasteiger partial charge < -0.3 is 8.92 Å². The predicted molar refractivity (Wildman–Crippen MR) is 106 cm³/mol. The fourth-order valence-corrected chi connectivity index (χ4v) is 4.24. The van der Waals surface area contributed by atoms with Crippen LogP contribution in [-0.4, -0.2) is 44.9 Å². The molecule has 0 atom stereocenters. The number of carbonyl (C=O) groups is 1. The van der Waals surface area contributed by atoms with Gasteiger partial charge in [-0.05, 0) is 26.0 Å². The topological polar surface area (TPSA) is 167 Å². The van der Waals surface area contributed by atoms with Crippen molar-refractivity contribution in [3.8, 4) is 6.01 Å². The van der Waals surface area contributed by atoms with E-state index in [1.807, 2.05) is 17.4 Å². The molecule has 2 heterocycles. The Hall–Kier alpha value is -2.91. The number of ether oxygens (including phenoxy) is 1. The minimum Gasteiger partial charge on any atom is -0.467 e. The van der Waals surface area contributed by atoms with Gasteiger partial charge in [-0.25, -0.2) is 4.79 Å². The number of benzene rings is 1. The van der Waals surface area contributed by atoms with Crippen molar-refractivity contribution in [1.29, 1.82) is 0 Å². The van der Waals surface area contributed by atoms with E-state index in [0.717, 1.165) is 20.5 Å². The molecule has 0 fully saturated rings. The maximum Gasteiger partial charge on any atom is 0.362 e. The Kier molecular flexibility index (Phi) is 5.87. The molecule has 12 nitrogen and oxygen atoms in total. The Morgan fingerprint density at radius 1 is 1.23 bits per heavy atom. The summed E-state index contributed by atoms with van der Waals surface area (Å²) < 4.78 is 56.2. The Morgan fingerprint density at radius 3 is 2.47 bits per heavy atom. The van der Waals surface area contributed by atoms with E-state index in [1.165, 1.54) is 7.11 Å². The number of nitrogens with zero attached hydrogens (tertiary/aromatic N) is 4. The molecule has 4 rings (SSSR count). The van der Waals surface area contributed by atoms with Crippen molar-refractivity contribution in [2.45, 2.75) is 13.8 Å². The van der Waals surface area contributed by atoms with E-state index in [-0.39, 0.29) is 12.0 Å². The number of carbonyl (C=O) groups excluding carboxylic acids is 1. The van der Waals surface area contributed by atoms with Crippen LogP contribution < -0.4 is 20.5 Å². The number of hydrogen-bond acceptors (Lipinski definition) is 10. The number of nitrogens with one attached hydrogen (secondary N) is 1. The number of methoxy groups -OCH3 is 1. The number of aromatic nitrogens is 3. The van der Waals surface area contributed by atoms with Crippen LogP contribution in [0.15, 0.2) is 21.0 Å². The first kappa shape index (κ1) is 21.8. The van der Waals surface area contributed by atoms with E-state index < -0.39 is 26.6 Å². The molecule has 0 saturated heterocycles. The van der Waals surface area contributed by atoms with Crippen molar-refractivity contribution < 1.29 is 30.6 Å². The number of urea groups is 1. The number of hydrogen-bond donors (Lipinski definition) is 1. The average molecular weight is 518 g/mol. The van der Waals surface area contributed by atoms with Crippen LogP contribution in [0.3, 0.4) is 0 Å². The van der Waals surface area contributed by atoms with Crippen molar-refractivity contribution in [3.05, 3.63) is 38.4 Å². The number of halogens is 1. The van der Waals surface area contributed by atoms with Gasteiger partial charge in [-0.1, -0.05) is 20.3 Å². The molecular weight excluding hydrogens is 506 g/mol. The lowest BCUT2D eigenvalue weighted by atomic mass is 9.97. The molecule has 1 aromatic carbocycles. The maximum absolute atomic E-state index is 11.4. The van der Waals surface area contributed by atoms with Crippen LogP contribution in [0.1, 0.15) is 18.3 Å². The molecule has 0 unspecified atom stereocenters. The summed E-state index contributed by atoms with van der Waals surface area (Å²) in [4.78, 5) is 22.4. The second kappa shape index (κ2) is 8.08. The zero-order valence-electron chi connectivity index (χ0n) is 15.5. The first-order chi connectivity index (χ1) is 14.0. The fourth-order valence-electron chi connectivity index (χ4n) is 2.60. The Morgan fingerprint density at radius 2 is 1.93 bits per heavy atom. The van der Waals surface area contributed by atoms with Gasteiger partial charge in [-0.3, -0.25) is 5.32 Å². The fraction of sp³-hybridized carbons (Fsp3) is 0.200. The van der Waals surface area contributed by atoms with E-state index in [1.54, 1.807) is 13.8 Å². The highest BCUT2D eigenvalue weighted by atomic mass is 79.9. The molecule has 1 aliphatic heterocycles. The summed E-state index contributed by atoms with van der Waals surface area (Å²) in [6.07, 6.45) is 0. The molecule has 30 heavy (non-hydrogen) atoms. The molecule has 1 N–H and O–H groups in total. The van der Waals surface area contributed by atoms with Crippen LogP contribution in [0.4, 0.5) is 10.7 Å². The third-order valence-corrected chi connectivity index (χ3v) is 5.91. The largest absolute Gasteiger partial charge is 0.467 e. The van der Waals surface area contributed by atoms with Gasteiger partial charge in [0.25, 0.3) is 0 Å². The van der Waals surface area contributed by atoms with Gasteiger partial charge in [-0.2, -0.15) is 31.8 Å². The molecule has 2 aromatic rings. The SMILES string of the molecule is CC1=c2c3cc(Br)cc2=C3OS1(=O)=O.COc1nc(C)nc(NC(=O)N=S(=O)=O)n1. The Balaban J connectivity index is 0.000000171. The molecule has 0 saturated carbocycles. The van der Waals surface area contributed by atoms with Crippen molar-refractivity contribution in [2.24, 2.45) is 4.36 Å². The zero-order chi connectivity index (χ0) is 22.2. The van der Waals surface area contributed by atoms with Crippen LogP contribution in [0.2, 0.25) is 0 Å². The van der Waals surface area contributed by atoms with Crippen molar-refractivity contribution >= 4 is 59.2 Å². The van der Waals surface area contributed by atoms with Crippen molar-refractivity contribution in [1.82, 2.24) is 15.0 Å². The Bertz CT molecular complexity index is 1440. The second-order valence-corrected chi connectivity index (χ2v) is 8.95. The highest BCUT2D eigenvalue weighted by molar-refractivity contribution is 9.10. The number of aryl methyl sites for hydroxylation is 1. The predicted octanol–water partition coefficient (Wildman–Crippen LogP) is 0.190. The van der Waals surface area contributed by atoms with Crippen molar-refractivity contribution in [3.63, 3.8) is 0 Å². The van der Waals surface area contributed by atoms with Crippen molar-refractivity contribution in [2.75, 3.05) is 12.4 Å². The first-order valence-electron chi connectivity index (χ1n) is 7.90. The molecule has 15 heteroatoms. The first-order valence-corrected chi connectivity index (χ1v) is 11.1. The van der Waals surface area contributed by atoms with Crippen LogP contribution >= 0.6 is 15.9 Å². The van der Waals surface area contributed by atoms with Gasteiger partial charge in [0.15, 0.2) is 5.76 Å². The van der Waals surface area contributed by atoms with Gasteiger partial charge in [0.05, 0.1) is 12.0 Å². The normalized spacial score (nSPS) is 14.4. The molecule has 1 aromatic heterocycles. The maximum atomic E-state index is 11.4. The smallest absolute Gasteiger partial charge is 0.362 e. The third-order valence-electron chi connectivity index (χ3n) is 3.80. The lowest BCUT2D eigenvalue weighted by Gasteiger charge is -2.25. The van der Waals surface area contributed by atoms with Crippen LogP contribution in [0.5, 0.6) is 6.01 Å². The van der Waals surface area contributed by atoms with Gasteiger partial charge in [0.2, 0.25) is 5.95 Å². The Labute approximate surface area is 179 Å². The van der Waals surface area contributed by atoms with Gasteiger partial charge in [-0.15, -0.1) is 0 Å². The van der Waals surface area contributed by atoms with Crippen LogP contribution in [0, 0.1) is 6.92 Å². The van der Waals surface area contributed by atoms with Gasteiger partial charge in [0, 0.05) is 20.5 Å². The minimum atomic E-state index is -3.48. The lowest BCUT2D eigenvalue weighted by molar-refractivity contribution is 0.259. The summed E-state index contributed by atoms with van der Waals surface area (Å²) >= 11 is 3.34. The van der Waals surface area contributed by atoms with E-state index in [2.05, 4.69) is 35.2 Å². The molecule has 2 amide bonds. The highest BCUT2D eigenvalue weighted by Crippen LogP contribution is 2.28. The molecule has 4 bridgehead atoms. The number of amides is 2. The zero-order valence-corrected chi connectivity index (χ0v) is 18.7. The van der Waals surface area contributed by atoms with Crippen LogP contribution in [0.25, 0.3) is 10.7 Å². The molecule has 158 valence electrons. The molecular formula is C15H12BrN5O7S2. The van der Waals surface area contributed by atoms with Gasteiger partial charge in [0.1, 0.15) is 5.82 Å². The van der Waals surface area contributed by atoms with Gasteiger partial charge >= 0.3 is 32.7 Å². The third kappa shape index (κ3) is 4.31. The van der Waals surface area contributed by atoms with E-state index in [4.69, 9.17) is 8.92 Å². The quantitative estimate of drug-likeness (QED) is 0.542.